The Labute approximate surface area is 101 Å². The SMILES string of the molecule is O=C(CN1CCCNCC1)c1ccc(F)cc1. The van der Waals surface area contributed by atoms with Crippen LogP contribution in [0, 0.1) is 5.82 Å². The van der Waals surface area contributed by atoms with Crippen LogP contribution >= 0.6 is 0 Å². The number of benzene rings is 1. The number of nitrogens with zero attached hydrogens (tertiary/aromatic N) is 1. The van der Waals surface area contributed by atoms with E-state index in [-0.39, 0.29) is 11.6 Å². The minimum Gasteiger partial charge on any atom is -0.315 e. The van der Waals surface area contributed by atoms with E-state index in [4.69, 9.17) is 0 Å². The Balaban J connectivity index is 1.93. The standard InChI is InChI=1S/C13H17FN2O/c14-12-4-2-11(3-5-12)13(17)10-16-8-1-6-15-7-9-16/h2-5,15H,1,6-10H2. The van der Waals surface area contributed by atoms with E-state index < -0.39 is 0 Å². The van der Waals surface area contributed by atoms with Crippen LogP contribution in [-0.4, -0.2) is 43.4 Å². The fraction of sp³-hybridized carbons (Fsp3) is 0.462. The molecule has 4 heteroatoms. The molecule has 17 heavy (non-hydrogen) atoms. The number of hydrogen-bond donors (Lipinski definition) is 1. The molecule has 0 aliphatic carbocycles. The van der Waals surface area contributed by atoms with Gasteiger partial charge in [0.15, 0.2) is 5.78 Å². The Hall–Kier alpha value is -1.26. The lowest BCUT2D eigenvalue weighted by Gasteiger charge is -2.18. The first-order valence-corrected chi connectivity index (χ1v) is 5.97. The zero-order valence-electron chi connectivity index (χ0n) is 9.79. The number of halogens is 1. The van der Waals surface area contributed by atoms with Gasteiger partial charge in [-0.1, -0.05) is 0 Å². The van der Waals surface area contributed by atoms with Crippen LogP contribution in [0.2, 0.25) is 0 Å². The molecular formula is C13H17FN2O. The van der Waals surface area contributed by atoms with Gasteiger partial charge in [0.05, 0.1) is 6.54 Å². The van der Waals surface area contributed by atoms with Crippen LogP contribution in [0.1, 0.15) is 16.8 Å². The van der Waals surface area contributed by atoms with Crippen molar-refractivity contribution in [2.75, 3.05) is 32.7 Å². The number of ketones is 1. The molecule has 1 aliphatic rings. The molecule has 0 unspecified atom stereocenters. The number of carbonyl (C=O) groups is 1. The van der Waals surface area contributed by atoms with E-state index >= 15 is 0 Å². The topological polar surface area (TPSA) is 32.3 Å². The van der Waals surface area contributed by atoms with E-state index in [9.17, 15) is 9.18 Å². The molecule has 0 atom stereocenters. The molecule has 3 nitrogen and oxygen atoms in total. The smallest absolute Gasteiger partial charge is 0.176 e. The third-order valence-corrected chi connectivity index (χ3v) is 2.97. The predicted molar refractivity (Wildman–Crippen MR) is 64.7 cm³/mol. The highest BCUT2D eigenvalue weighted by Crippen LogP contribution is 2.05. The summed E-state index contributed by atoms with van der Waals surface area (Å²) in [5.41, 5.74) is 0.587. The lowest BCUT2D eigenvalue weighted by Crippen LogP contribution is -2.33. The van der Waals surface area contributed by atoms with Gasteiger partial charge in [0.2, 0.25) is 0 Å². The van der Waals surface area contributed by atoms with Crippen molar-refractivity contribution in [1.82, 2.24) is 10.2 Å². The van der Waals surface area contributed by atoms with Crippen molar-refractivity contribution in [2.24, 2.45) is 0 Å². The lowest BCUT2D eigenvalue weighted by molar-refractivity contribution is 0.0935. The number of hydrogen-bond acceptors (Lipinski definition) is 3. The summed E-state index contributed by atoms with van der Waals surface area (Å²) >= 11 is 0. The monoisotopic (exact) mass is 236 g/mol. The van der Waals surface area contributed by atoms with E-state index in [2.05, 4.69) is 10.2 Å². The molecule has 1 fully saturated rings. The highest BCUT2D eigenvalue weighted by Gasteiger charge is 2.13. The first kappa shape index (κ1) is 12.2. The van der Waals surface area contributed by atoms with Gasteiger partial charge < -0.3 is 5.32 Å². The summed E-state index contributed by atoms with van der Waals surface area (Å²) in [5.74, 6) is -0.243. The molecule has 1 aromatic rings. The zero-order valence-corrected chi connectivity index (χ0v) is 9.79. The summed E-state index contributed by atoms with van der Waals surface area (Å²) in [6, 6.07) is 5.76. The van der Waals surface area contributed by atoms with Crippen LogP contribution in [0.5, 0.6) is 0 Å². The average molecular weight is 236 g/mol. The molecule has 2 rings (SSSR count). The summed E-state index contributed by atoms with van der Waals surface area (Å²) in [4.78, 5) is 14.1. The molecular weight excluding hydrogens is 219 g/mol. The van der Waals surface area contributed by atoms with Crippen LogP contribution in [0.3, 0.4) is 0 Å². The van der Waals surface area contributed by atoms with Crippen molar-refractivity contribution >= 4 is 5.78 Å². The van der Waals surface area contributed by atoms with E-state index in [1.165, 1.54) is 12.1 Å². The molecule has 1 heterocycles. The fourth-order valence-corrected chi connectivity index (χ4v) is 1.99. The molecule has 92 valence electrons. The Bertz CT molecular complexity index is 370. The number of carbonyl (C=O) groups excluding carboxylic acids is 1. The van der Waals surface area contributed by atoms with Crippen LogP contribution in [0.15, 0.2) is 24.3 Å². The fourth-order valence-electron chi connectivity index (χ4n) is 1.99. The Morgan fingerprint density at radius 3 is 2.76 bits per heavy atom. The Morgan fingerprint density at radius 1 is 1.24 bits per heavy atom. The van der Waals surface area contributed by atoms with Crippen molar-refractivity contribution in [2.45, 2.75) is 6.42 Å². The molecule has 0 spiro atoms. The molecule has 0 radical (unpaired) electrons. The average Bonchev–Trinajstić information content (AvgIpc) is 2.58. The summed E-state index contributed by atoms with van der Waals surface area (Å²) in [6.45, 7) is 4.21. The maximum atomic E-state index is 12.7. The van der Waals surface area contributed by atoms with Gasteiger partial charge in [-0.25, -0.2) is 4.39 Å². The first-order chi connectivity index (χ1) is 8.25. The summed E-state index contributed by atoms with van der Waals surface area (Å²) in [7, 11) is 0. The quantitative estimate of drug-likeness (QED) is 0.803. The minimum atomic E-state index is -0.305. The maximum absolute atomic E-state index is 12.7. The van der Waals surface area contributed by atoms with Gasteiger partial charge in [0, 0.05) is 18.7 Å². The van der Waals surface area contributed by atoms with Gasteiger partial charge in [-0.3, -0.25) is 9.69 Å². The first-order valence-electron chi connectivity index (χ1n) is 5.97. The van der Waals surface area contributed by atoms with Crippen molar-refractivity contribution in [3.8, 4) is 0 Å². The van der Waals surface area contributed by atoms with Gasteiger partial charge in [-0.2, -0.15) is 0 Å². The van der Waals surface area contributed by atoms with Crippen molar-refractivity contribution in [3.63, 3.8) is 0 Å². The largest absolute Gasteiger partial charge is 0.315 e. The number of nitrogens with one attached hydrogen (secondary N) is 1. The molecule has 1 aliphatic heterocycles. The third-order valence-electron chi connectivity index (χ3n) is 2.97. The highest BCUT2D eigenvalue weighted by molar-refractivity contribution is 5.97. The summed E-state index contributed by atoms with van der Waals surface area (Å²) in [6.07, 6.45) is 1.07. The second-order valence-electron chi connectivity index (χ2n) is 4.31. The van der Waals surface area contributed by atoms with Gasteiger partial charge in [0.25, 0.3) is 0 Å². The van der Waals surface area contributed by atoms with Crippen LogP contribution in [0.25, 0.3) is 0 Å². The molecule has 1 aromatic carbocycles. The lowest BCUT2D eigenvalue weighted by atomic mass is 10.1. The molecule has 0 amide bonds. The van der Waals surface area contributed by atoms with Crippen LogP contribution in [0.4, 0.5) is 4.39 Å². The van der Waals surface area contributed by atoms with Gasteiger partial charge in [-0.05, 0) is 43.8 Å². The van der Waals surface area contributed by atoms with Crippen molar-refractivity contribution < 1.29 is 9.18 Å². The van der Waals surface area contributed by atoms with E-state index in [0.29, 0.717) is 12.1 Å². The third kappa shape index (κ3) is 3.61. The van der Waals surface area contributed by atoms with E-state index in [0.717, 1.165) is 32.6 Å². The summed E-state index contributed by atoms with van der Waals surface area (Å²) in [5, 5.41) is 3.30. The molecule has 0 saturated carbocycles. The number of Topliss-reactive ketones (excluding diaryl/α,β-unsaturated/α-hetero) is 1. The number of rotatable bonds is 3. The van der Waals surface area contributed by atoms with Gasteiger partial charge >= 0.3 is 0 Å². The Kier molecular flexibility index (Phi) is 4.23. The molecule has 1 N–H and O–H groups in total. The van der Waals surface area contributed by atoms with Crippen molar-refractivity contribution in [1.29, 1.82) is 0 Å². The van der Waals surface area contributed by atoms with Crippen LogP contribution in [-0.2, 0) is 0 Å². The molecule has 0 bridgehead atoms. The predicted octanol–water partition coefficient (Wildman–Crippen LogP) is 1.30. The molecule has 1 saturated heterocycles. The van der Waals surface area contributed by atoms with Crippen molar-refractivity contribution in [3.05, 3.63) is 35.6 Å². The Morgan fingerprint density at radius 2 is 2.00 bits per heavy atom. The van der Waals surface area contributed by atoms with Crippen LogP contribution < -0.4 is 5.32 Å². The second kappa shape index (κ2) is 5.89. The zero-order chi connectivity index (χ0) is 12.1. The molecule has 0 aromatic heterocycles. The van der Waals surface area contributed by atoms with E-state index in [1.54, 1.807) is 12.1 Å². The second-order valence-corrected chi connectivity index (χ2v) is 4.31. The normalized spacial score (nSPS) is 17.7. The summed E-state index contributed by atoms with van der Waals surface area (Å²) < 4.78 is 12.7. The van der Waals surface area contributed by atoms with Gasteiger partial charge in [0.1, 0.15) is 5.82 Å². The highest BCUT2D eigenvalue weighted by atomic mass is 19.1. The van der Waals surface area contributed by atoms with E-state index in [1.807, 2.05) is 0 Å². The van der Waals surface area contributed by atoms with Gasteiger partial charge in [-0.15, -0.1) is 0 Å². The minimum absolute atomic E-state index is 0.0619. The maximum Gasteiger partial charge on any atom is 0.176 e.